The molecule has 0 aliphatic carbocycles. The van der Waals surface area contributed by atoms with Crippen molar-refractivity contribution in [3.05, 3.63) is 99.5 Å². The van der Waals surface area contributed by atoms with E-state index in [9.17, 15) is 4.79 Å². The number of thiocarbonyl (C=S) groups is 1. The lowest BCUT2D eigenvalue weighted by Gasteiger charge is -2.18. The molecule has 0 aliphatic rings. The van der Waals surface area contributed by atoms with Crippen LogP contribution in [0.15, 0.2) is 83.3 Å². The number of halogens is 2. The Hall–Kier alpha value is -2.21. The summed E-state index contributed by atoms with van der Waals surface area (Å²) in [7, 11) is 0. The number of amides is 1. The highest BCUT2D eigenvalue weighted by Crippen LogP contribution is 2.26. The first kappa shape index (κ1) is 19.5. The van der Waals surface area contributed by atoms with Crippen LogP contribution in [-0.4, -0.2) is 11.0 Å². The van der Waals surface area contributed by atoms with Crippen molar-refractivity contribution < 1.29 is 4.79 Å². The fourth-order valence-corrected chi connectivity index (χ4v) is 3.35. The zero-order chi connectivity index (χ0) is 19.2. The minimum absolute atomic E-state index is 0.201. The van der Waals surface area contributed by atoms with Crippen LogP contribution in [0.3, 0.4) is 0 Å². The topological polar surface area (TPSA) is 41.1 Å². The van der Waals surface area contributed by atoms with Crippen molar-refractivity contribution in [2.75, 3.05) is 5.32 Å². The lowest BCUT2D eigenvalue weighted by molar-refractivity contribution is -0.120. The standard InChI is InChI=1S/C21H16BrClN2OS/c22-17-12-11-16(13-18(17)23)24-21(27)25-20(26)19(14-7-3-1-4-8-14)15-9-5-2-6-10-15/h1-13,19H,(H2,24,25,26,27). The first-order valence-electron chi connectivity index (χ1n) is 8.21. The smallest absolute Gasteiger partial charge is 0.238 e. The van der Waals surface area contributed by atoms with E-state index in [0.29, 0.717) is 10.7 Å². The van der Waals surface area contributed by atoms with Crippen molar-refractivity contribution >= 4 is 56.5 Å². The molecule has 0 fully saturated rings. The molecule has 6 heteroatoms. The van der Waals surface area contributed by atoms with Gasteiger partial charge in [-0.15, -0.1) is 0 Å². The van der Waals surface area contributed by atoms with Crippen molar-refractivity contribution in [1.82, 2.24) is 5.32 Å². The van der Waals surface area contributed by atoms with Gasteiger partial charge in [-0.1, -0.05) is 72.3 Å². The second-order valence-corrected chi connectivity index (χ2v) is 7.50. The summed E-state index contributed by atoms with van der Waals surface area (Å²) < 4.78 is 0.790. The van der Waals surface area contributed by atoms with Gasteiger partial charge in [0.15, 0.2) is 5.11 Å². The molecule has 2 N–H and O–H groups in total. The maximum atomic E-state index is 13.0. The minimum atomic E-state index is -0.458. The van der Waals surface area contributed by atoms with Gasteiger partial charge < -0.3 is 10.6 Å². The summed E-state index contributed by atoms with van der Waals surface area (Å²) in [5.74, 6) is -0.659. The first-order valence-corrected chi connectivity index (χ1v) is 9.79. The highest BCUT2D eigenvalue weighted by Gasteiger charge is 2.23. The number of benzene rings is 3. The summed E-state index contributed by atoms with van der Waals surface area (Å²) in [6, 6.07) is 24.6. The van der Waals surface area contributed by atoms with Gasteiger partial charge in [0, 0.05) is 10.2 Å². The number of anilines is 1. The van der Waals surface area contributed by atoms with Gasteiger partial charge in [0.05, 0.1) is 10.9 Å². The number of hydrogen-bond acceptors (Lipinski definition) is 2. The predicted molar refractivity (Wildman–Crippen MR) is 118 cm³/mol. The summed E-state index contributed by atoms with van der Waals surface area (Å²) in [4.78, 5) is 13.0. The number of carbonyl (C=O) groups excluding carboxylic acids is 1. The quantitative estimate of drug-likeness (QED) is 0.488. The first-order chi connectivity index (χ1) is 13.0. The molecule has 1 amide bonds. The molecule has 0 spiro atoms. The van der Waals surface area contributed by atoms with Gasteiger partial charge in [-0.2, -0.15) is 0 Å². The molecule has 0 heterocycles. The van der Waals surface area contributed by atoms with Crippen LogP contribution in [-0.2, 0) is 4.79 Å². The molecule has 0 saturated heterocycles. The Morgan fingerprint density at radius 1 is 0.926 bits per heavy atom. The molecular weight excluding hydrogens is 444 g/mol. The van der Waals surface area contributed by atoms with Crippen molar-refractivity contribution in [2.45, 2.75) is 5.92 Å². The Balaban J connectivity index is 1.78. The fraction of sp³-hybridized carbons (Fsp3) is 0.0476. The van der Waals surface area contributed by atoms with Gasteiger partial charge in [0.1, 0.15) is 0 Å². The van der Waals surface area contributed by atoms with Gasteiger partial charge in [0.25, 0.3) is 0 Å². The summed E-state index contributed by atoms with van der Waals surface area (Å²) in [5.41, 5.74) is 2.50. The molecule has 3 nitrogen and oxygen atoms in total. The summed E-state index contributed by atoms with van der Waals surface area (Å²) >= 11 is 14.8. The Morgan fingerprint density at radius 2 is 1.48 bits per heavy atom. The van der Waals surface area contributed by atoms with E-state index in [1.807, 2.05) is 72.8 Å². The van der Waals surface area contributed by atoms with Gasteiger partial charge >= 0.3 is 0 Å². The van der Waals surface area contributed by atoms with Crippen LogP contribution in [0.5, 0.6) is 0 Å². The van der Waals surface area contributed by atoms with E-state index in [0.717, 1.165) is 15.6 Å². The largest absolute Gasteiger partial charge is 0.332 e. The maximum absolute atomic E-state index is 13.0. The van der Waals surface area contributed by atoms with E-state index in [2.05, 4.69) is 26.6 Å². The molecule has 27 heavy (non-hydrogen) atoms. The van der Waals surface area contributed by atoms with Crippen LogP contribution < -0.4 is 10.6 Å². The van der Waals surface area contributed by atoms with Crippen molar-refractivity contribution in [3.8, 4) is 0 Å². The molecule has 3 aromatic carbocycles. The molecule has 0 unspecified atom stereocenters. The molecule has 0 saturated carbocycles. The van der Waals surface area contributed by atoms with Gasteiger partial charge in [0.2, 0.25) is 5.91 Å². The van der Waals surface area contributed by atoms with E-state index in [1.54, 1.807) is 6.07 Å². The molecule has 3 rings (SSSR count). The molecule has 0 bridgehead atoms. The van der Waals surface area contributed by atoms with Crippen LogP contribution in [0.25, 0.3) is 0 Å². The Labute approximate surface area is 176 Å². The van der Waals surface area contributed by atoms with Crippen molar-refractivity contribution in [3.63, 3.8) is 0 Å². The lowest BCUT2D eigenvalue weighted by atomic mass is 9.90. The predicted octanol–water partition coefficient (Wildman–Crippen LogP) is 5.75. The zero-order valence-corrected chi connectivity index (χ0v) is 17.3. The average molecular weight is 460 g/mol. The van der Waals surface area contributed by atoms with Crippen LogP contribution in [0, 0.1) is 0 Å². The monoisotopic (exact) mass is 458 g/mol. The highest BCUT2D eigenvalue weighted by molar-refractivity contribution is 9.10. The molecule has 0 aromatic heterocycles. The molecule has 0 atom stereocenters. The normalized spacial score (nSPS) is 10.5. The molecule has 3 aromatic rings. The van der Waals surface area contributed by atoms with Crippen LogP contribution in [0.1, 0.15) is 17.0 Å². The fourth-order valence-electron chi connectivity index (χ4n) is 2.71. The number of hydrogen-bond donors (Lipinski definition) is 2. The van der Waals surface area contributed by atoms with Crippen LogP contribution in [0.4, 0.5) is 5.69 Å². The Kier molecular flexibility index (Phi) is 6.61. The highest BCUT2D eigenvalue weighted by atomic mass is 79.9. The Bertz CT molecular complexity index is 911. The molecule has 0 radical (unpaired) electrons. The SMILES string of the molecule is O=C(NC(=S)Nc1ccc(Br)c(Cl)c1)C(c1ccccc1)c1ccccc1. The second kappa shape index (κ2) is 9.13. The third-order valence-corrected chi connectivity index (χ3v) is 5.38. The van der Waals surface area contributed by atoms with Crippen LogP contribution >= 0.6 is 39.7 Å². The van der Waals surface area contributed by atoms with Crippen molar-refractivity contribution in [1.29, 1.82) is 0 Å². The van der Waals surface area contributed by atoms with Gasteiger partial charge in [-0.05, 0) is 57.5 Å². The average Bonchev–Trinajstić information content (AvgIpc) is 2.66. The zero-order valence-electron chi connectivity index (χ0n) is 14.2. The number of rotatable bonds is 4. The van der Waals surface area contributed by atoms with Gasteiger partial charge in [-0.25, -0.2) is 0 Å². The van der Waals surface area contributed by atoms with Gasteiger partial charge in [-0.3, -0.25) is 4.79 Å². The number of nitrogens with one attached hydrogen (secondary N) is 2. The van der Waals surface area contributed by atoms with E-state index < -0.39 is 5.92 Å². The molecule has 136 valence electrons. The molecule has 0 aliphatic heterocycles. The number of carbonyl (C=O) groups is 1. The third-order valence-electron chi connectivity index (χ3n) is 3.94. The summed E-state index contributed by atoms with van der Waals surface area (Å²) in [5, 5.41) is 6.55. The van der Waals surface area contributed by atoms with E-state index in [4.69, 9.17) is 23.8 Å². The molecular formula is C21H16BrClN2OS. The van der Waals surface area contributed by atoms with Crippen molar-refractivity contribution in [2.24, 2.45) is 0 Å². The lowest BCUT2D eigenvalue weighted by Crippen LogP contribution is -2.37. The maximum Gasteiger partial charge on any atom is 0.238 e. The van der Waals surface area contributed by atoms with Crippen LogP contribution in [0.2, 0.25) is 5.02 Å². The minimum Gasteiger partial charge on any atom is -0.332 e. The van der Waals surface area contributed by atoms with E-state index in [-0.39, 0.29) is 11.0 Å². The summed E-state index contributed by atoms with van der Waals surface area (Å²) in [6.45, 7) is 0. The third kappa shape index (κ3) is 5.16. The Morgan fingerprint density at radius 3 is 2.00 bits per heavy atom. The summed E-state index contributed by atoms with van der Waals surface area (Å²) in [6.07, 6.45) is 0. The second-order valence-electron chi connectivity index (χ2n) is 5.83. The van der Waals surface area contributed by atoms with E-state index in [1.165, 1.54) is 0 Å². The van der Waals surface area contributed by atoms with E-state index >= 15 is 0 Å².